The number of rotatable bonds is 2. The fourth-order valence-electron chi connectivity index (χ4n) is 5.66. The standard InChI is InChI=1S/C21H27NO6/c1-12-6-7-16-13(2)18(24-17(23)14-5-4-10-22-11-14)25-19-21(16)15(12)8-9-20(3,26-19)27-28-21/h4-5,10-13,15-16,18-19H,6-9H2,1-3H3/t12-,13-,15+,16-,18+,19-,20+,21-/m1/s1. The zero-order chi connectivity index (χ0) is 19.5. The minimum Gasteiger partial charge on any atom is -0.432 e. The van der Waals surface area contributed by atoms with Crippen molar-refractivity contribution in [2.45, 2.75) is 70.4 Å². The van der Waals surface area contributed by atoms with Crippen molar-refractivity contribution < 1.29 is 28.8 Å². The van der Waals surface area contributed by atoms with Crippen LogP contribution in [0.4, 0.5) is 0 Å². The molecule has 1 saturated carbocycles. The number of nitrogens with zero attached hydrogens (tertiary/aromatic N) is 1. The van der Waals surface area contributed by atoms with Crippen LogP contribution >= 0.6 is 0 Å². The smallest absolute Gasteiger partial charge is 0.342 e. The molecule has 7 nitrogen and oxygen atoms in total. The summed E-state index contributed by atoms with van der Waals surface area (Å²) in [6.45, 7) is 6.22. The molecule has 6 rings (SSSR count). The summed E-state index contributed by atoms with van der Waals surface area (Å²) in [5.74, 6) is -0.405. The van der Waals surface area contributed by atoms with Gasteiger partial charge in [-0.3, -0.25) is 4.98 Å². The number of carbonyl (C=O) groups is 1. The number of fused-ring (bicyclic) bond motifs is 2. The fourth-order valence-corrected chi connectivity index (χ4v) is 5.66. The lowest BCUT2D eigenvalue weighted by molar-refractivity contribution is -0.576. The summed E-state index contributed by atoms with van der Waals surface area (Å²) < 4.78 is 18.3. The van der Waals surface area contributed by atoms with Gasteiger partial charge in [0.05, 0.1) is 5.56 Å². The van der Waals surface area contributed by atoms with Crippen LogP contribution in [0.1, 0.15) is 56.8 Å². The number of hydrogen-bond acceptors (Lipinski definition) is 7. The zero-order valence-corrected chi connectivity index (χ0v) is 16.5. The normalized spacial score (nSPS) is 47.1. The molecule has 5 heterocycles. The molecule has 152 valence electrons. The molecule has 0 aromatic carbocycles. The summed E-state index contributed by atoms with van der Waals surface area (Å²) in [6.07, 6.45) is 5.60. The second-order valence-corrected chi connectivity index (χ2v) is 8.92. The van der Waals surface area contributed by atoms with Crippen LogP contribution in [0.15, 0.2) is 24.5 Å². The van der Waals surface area contributed by atoms with E-state index in [9.17, 15) is 4.79 Å². The molecule has 0 amide bonds. The maximum absolute atomic E-state index is 12.6. The number of aromatic nitrogens is 1. The molecule has 1 aromatic rings. The molecule has 8 atom stereocenters. The first-order valence-electron chi connectivity index (χ1n) is 10.2. The van der Waals surface area contributed by atoms with Gasteiger partial charge in [-0.15, -0.1) is 0 Å². The molecule has 2 bridgehead atoms. The molecule has 1 aromatic heterocycles. The van der Waals surface area contributed by atoms with Gasteiger partial charge in [-0.1, -0.05) is 13.8 Å². The highest BCUT2D eigenvalue weighted by atomic mass is 17.3. The van der Waals surface area contributed by atoms with Crippen molar-refractivity contribution in [3.63, 3.8) is 0 Å². The molecule has 4 aliphatic heterocycles. The second kappa shape index (κ2) is 6.49. The van der Waals surface area contributed by atoms with Gasteiger partial charge in [-0.2, -0.15) is 0 Å². The molecule has 0 unspecified atom stereocenters. The van der Waals surface area contributed by atoms with Crippen molar-refractivity contribution in [1.82, 2.24) is 4.98 Å². The maximum Gasteiger partial charge on any atom is 0.342 e. The number of ether oxygens (including phenoxy) is 3. The molecule has 1 aliphatic carbocycles. The third-order valence-corrected chi connectivity index (χ3v) is 7.22. The van der Waals surface area contributed by atoms with Crippen molar-refractivity contribution in [2.75, 3.05) is 0 Å². The topological polar surface area (TPSA) is 76.1 Å². The molecule has 4 saturated heterocycles. The lowest BCUT2D eigenvalue weighted by Crippen LogP contribution is -2.70. The van der Waals surface area contributed by atoms with Crippen LogP contribution in [0.3, 0.4) is 0 Å². The second-order valence-electron chi connectivity index (χ2n) is 8.92. The summed E-state index contributed by atoms with van der Waals surface area (Å²) in [7, 11) is 0. The summed E-state index contributed by atoms with van der Waals surface area (Å²) in [5, 5.41) is 0. The Labute approximate surface area is 164 Å². The van der Waals surface area contributed by atoms with Crippen molar-refractivity contribution in [3.8, 4) is 0 Å². The minimum absolute atomic E-state index is 0.0403. The van der Waals surface area contributed by atoms with Gasteiger partial charge in [-0.05, 0) is 50.2 Å². The summed E-state index contributed by atoms with van der Waals surface area (Å²) >= 11 is 0. The maximum atomic E-state index is 12.6. The Balaban J connectivity index is 1.46. The molecule has 5 fully saturated rings. The van der Waals surface area contributed by atoms with Crippen LogP contribution in [0.25, 0.3) is 0 Å². The van der Waals surface area contributed by atoms with Gasteiger partial charge >= 0.3 is 5.97 Å². The lowest BCUT2D eigenvalue weighted by atomic mass is 9.58. The van der Waals surface area contributed by atoms with Crippen LogP contribution in [0.2, 0.25) is 0 Å². The van der Waals surface area contributed by atoms with Crippen molar-refractivity contribution in [1.29, 1.82) is 0 Å². The molecule has 28 heavy (non-hydrogen) atoms. The molecule has 0 radical (unpaired) electrons. The van der Waals surface area contributed by atoms with Gasteiger partial charge in [0.1, 0.15) is 0 Å². The SMILES string of the molecule is C[C@H]1[C@@H](OC(=O)c2cccnc2)O[C@@H]2O[C@]3(C)CC[C@H]4[C@H](C)CC[C@H]1[C@@]24OO3. The Morgan fingerprint density at radius 1 is 1.21 bits per heavy atom. The quantitative estimate of drug-likeness (QED) is 0.566. The number of pyridine rings is 1. The highest BCUT2D eigenvalue weighted by molar-refractivity contribution is 5.89. The predicted octanol–water partition coefficient (Wildman–Crippen LogP) is 3.45. The van der Waals surface area contributed by atoms with Crippen LogP contribution < -0.4 is 0 Å². The third kappa shape index (κ3) is 2.64. The predicted molar refractivity (Wildman–Crippen MR) is 96.5 cm³/mol. The highest BCUT2D eigenvalue weighted by Crippen LogP contribution is 2.60. The van der Waals surface area contributed by atoms with E-state index in [1.807, 2.05) is 6.92 Å². The average Bonchev–Trinajstić information content (AvgIpc) is 2.92. The van der Waals surface area contributed by atoms with Crippen molar-refractivity contribution >= 4 is 5.97 Å². The van der Waals surface area contributed by atoms with E-state index >= 15 is 0 Å². The summed E-state index contributed by atoms with van der Waals surface area (Å²) in [5.41, 5.74) is -0.242. The molecular weight excluding hydrogens is 362 g/mol. The van der Waals surface area contributed by atoms with E-state index in [1.54, 1.807) is 18.3 Å². The lowest BCUT2D eigenvalue weighted by Gasteiger charge is -2.59. The Bertz CT molecular complexity index is 759. The first-order valence-corrected chi connectivity index (χ1v) is 10.2. The van der Waals surface area contributed by atoms with E-state index in [-0.39, 0.29) is 17.8 Å². The van der Waals surface area contributed by atoms with Gasteiger partial charge in [-0.25, -0.2) is 14.6 Å². The van der Waals surface area contributed by atoms with E-state index in [1.165, 1.54) is 6.20 Å². The van der Waals surface area contributed by atoms with E-state index in [4.69, 9.17) is 24.0 Å². The monoisotopic (exact) mass is 389 g/mol. The van der Waals surface area contributed by atoms with Gasteiger partial charge in [0, 0.05) is 30.7 Å². The average molecular weight is 389 g/mol. The Kier molecular flexibility index (Phi) is 4.28. The Morgan fingerprint density at radius 3 is 2.86 bits per heavy atom. The van der Waals surface area contributed by atoms with Crippen LogP contribution in [0, 0.1) is 23.7 Å². The van der Waals surface area contributed by atoms with Crippen LogP contribution in [0.5, 0.6) is 0 Å². The summed E-state index contributed by atoms with van der Waals surface area (Å²) in [6, 6.07) is 3.40. The van der Waals surface area contributed by atoms with Crippen molar-refractivity contribution in [2.24, 2.45) is 23.7 Å². The van der Waals surface area contributed by atoms with Gasteiger partial charge < -0.3 is 14.2 Å². The molecular formula is C21H27NO6. The first kappa shape index (κ1) is 18.5. The van der Waals surface area contributed by atoms with Crippen LogP contribution in [-0.4, -0.2) is 34.9 Å². The first-order chi connectivity index (χ1) is 13.4. The number of carbonyl (C=O) groups excluding carboxylic acids is 1. The van der Waals surface area contributed by atoms with Gasteiger partial charge in [0.2, 0.25) is 12.1 Å². The minimum atomic E-state index is -0.837. The number of hydrogen-bond donors (Lipinski definition) is 0. The van der Waals surface area contributed by atoms with E-state index in [0.717, 1.165) is 25.7 Å². The molecule has 5 aliphatic rings. The van der Waals surface area contributed by atoms with E-state index in [0.29, 0.717) is 11.5 Å². The van der Waals surface area contributed by atoms with Crippen molar-refractivity contribution in [3.05, 3.63) is 30.1 Å². The molecule has 1 spiro atoms. The highest BCUT2D eigenvalue weighted by Gasteiger charge is 2.69. The van der Waals surface area contributed by atoms with E-state index in [2.05, 4.69) is 18.8 Å². The zero-order valence-electron chi connectivity index (χ0n) is 16.5. The third-order valence-electron chi connectivity index (χ3n) is 7.22. The van der Waals surface area contributed by atoms with Gasteiger partial charge in [0.15, 0.2) is 11.9 Å². The fraction of sp³-hybridized carbons (Fsp3) is 0.714. The molecule has 0 N–H and O–H groups in total. The number of esters is 1. The molecule has 7 heteroatoms. The van der Waals surface area contributed by atoms with Gasteiger partial charge in [0.25, 0.3) is 0 Å². The summed E-state index contributed by atoms with van der Waals surface area (Å²) in [4.78, 5) is 28.5. The van der Waals surface area contributed by atoms with E-state index < -0.39 is 29.9 Å². The van der Waals surface area contributed by atoms with Crippen LogP contribution in [-0.2, 0) is 24.0 Å². The Morgan fingerprint density at radius 2 is 2.07 bits per heavy atom. The largest absolute Gasteiger partial charge is 0.432 e. The Hall–Kier alpha value is -1.54.